The van der Waals surface area contributed by atoms with Gasteiger partial charge in [0.15, 0.2) is 11.5 Å². The maximum Gasteiger partial charge on any atom is 0.435 e. The number of piperidine rings is 1. The largest absolute Gasteiger partial charge is 0.481 e. The molecule has 0 unspecified atom stereocenters. The summed E-state index contributed by atoms with van der Waals surface area (Å²) in [6.45, 7) is 0.864. The van der Waals surface area contributed by atoms with E-state index in [0.717, 1.165) is 10.7 Å². The predicted octanol–water partition coefficient (Wildman–Crippen LogP) is 1.90. The number of anilines is 2. The molecule has 12 heteroatoms. The van der Waals surface area contributed by atoms with Gasteiger partial charge in [-0.2, -0.15) is 23.3 Å². The average Bonchev–Trinajstić information content (AvgIpc) is 2.98. The quantitative estimate of drug-likeness (QED) is 0.818. The molecule has 27 heavy (non-hydrogen) atoms. The normalized spacial score (nSPS) is 15.8. The minimum atomic E-state index is -4.60. The molecule has 146 valence electrons. The summed E-state index contributed by atoms with van der Waals surface area (Å²) in [5, 5.41) is 12.4. The van der Waals surface area contributed by atoms with Crippen molar-refractivity contribution in [2.75, 3.05) is 23.7 Å². The molecule has 0 aromatic carbocycles. The molecule has 3 rings (SSSR count). The lowest BCUT2D eigenvalue weighted by molar-refractivity contribution is -0.142. The molecule has 1 aliphatic rings. The van der Waals surface area contributed by atoms with E-state index in [1.807, 2.05) is 0 Å². The monoisotopic (exact) mass is 386 g/mol. The van der Waals surface area contributed by atoms with Crippen molar-refractivity contribution >= 4 is 17.5 Å². The van der Waals surface area contributed by atoms with Crippen molar-refractivity contribution in [1.29, 1.82) is 0 Å². The van der Waals surface area contributed by atoms with E-state index in [4.69, 9.17) is 15.6 Å². The number of rotatable bonds is 4. The third-order valence-corrected chi connectivity index (χ3v) is 4.30. The summed E-state index contributed by atoms with van der Waals surface area (Å²) in [6, 6.07) is 0.750. The average molecular weight is 386 g/mol. The maximum atomic E-state index is 12.8. The highest BCUT2D eigenvalue weighted by Crippen LogP contribution is 2.35. The van der Waals surface area contributed by atoms with Crippen molar-refractivity contribution < 1.29 is 27.8 Å². The van der Waals surface area contributed by atoms with Crippen LogP contribution < -0.4 is 15.4 Å². The smallest absolute Gasteiger partial charge is 0.435 e. The Labute approximate surface area is 151 Å². The summed E-state index contributed by atoms with van der Waals surface area (Å²) in [5.74, 6) is -1.19. The van der Waals surface area contributed by atoms with Crippen LogP contribution in [0.5, 0.6) is 11.8 Å². The molecule has 0 aliphatic carbocycles. The molecule has 3 heterocycles. The second kappa shape index (κ2) is 6.93. The lowest BCUT2D eigenvalue weighted by Gasteiger charge is -2.31. The Morgan fingerprint density at radius 2 is 2.00 bits per heavy atom. The van der Waals surface area contributed by atoms with Crippen molar-refractivity contribution in [3.8, 4) is 11.8 Å². The first-order valence-corrected chi connectivity index (χ1v) is 8.04. The number of aliphatic carboxylic acids is 1. The topological polar surface area (TPSA) is 119 Å². The van der Waals surface area contributed by atoms with E-state index in [0.29, 0.717) is 31.7 Å². The number of aryl methyl sites for hydroxylation is 1. The van der Waals surface area contributed by atoms with Gasteiger partial charge in [-0.15, -0.1) is 0 Å². The molecule has 1 aliphatic heterocycles. The SMILES string of the molecule is Cn1nc(C(F)(F)F)cc1Oc1ncnc(N2CCC(C(=O)O)CC2)c1N. The van der Waals surface area contributed by atoms with E-state index in [-0.39, 0.29) is 17.4 Å². The van der Waals surface area contributed by atoms with Crippen LogP contribution in [-0.4, -0.2) is 43.9 Å². The van der Waals surface area contributed by atoms with E-state index >= 15 is 0 Å². The van der Waals surface area contributed by atoms with Gasteiger partial charge in [0.05, 0.1) is 5.92 Å². The number of hydrogen-bond acceptors (Lipinski definition) is 7. The van der Waals surface area contributed by atoms with Gasteiger partial charge in [-0.05, 0) is 12.8 Å². The molecular weight excluding hydrogens is 369 g/mol. The second-order valence-electron chi connectivity index (χ2n) is 6.11. The van der Waals surface area contributed by atoms with Crippen LogP contribution in [0.2, 0.25) is 0 Å². The van der Waals surface area contributed by atoms with E-state index in [1.165, 1.54) is 13.4 Å². The molecule has 0 bridgehead atoms. The Morgan fingerprint density at radius 1 is 1.33 bits per heavy atom. The number of nitrogens with zero attached hydrogens (tertiary/aromatic N) is 5. The first-order valence-electron chi connectivity index (χ1n) is 8.04. The van der Waals surface area contributed by atoms with Crippen LogP contribution in [0, 0.1) is 5.92 Å². The molecule has 0 atom stereocenters. The number of nitrogens with two attached hydrogens (primary N) is 1. The fraction of sp³-hybridized carbons (Fsp3) is 0.467. The van der Waals surface area contributed by atoms with Crippen LogP contribution >= 0.6 is 0 Å². The molecule has 0 spiro atoms. The van der Waals surface area contributed by atoms with Gasteiger partial charge in [-0.3, -0.25) is 4.79 Å². The van der Waals surface area contributed by atoms with Crippen molar-refractivity contribution in [2.24, 2.45) is 13.0 Å². The highest BCUT2D eigenvalue weighted by Gasteiger charge is 2.35. The molecule has 2 aromatic rings. The Bertz CT molecular complexity index is 846. The minimum Gasteiger partial charge on any atom is -0.481 e. The predicted molar refractivity (Wildman–Crippen MR) is 87.3 cm³/mol. The lowest BCUT2D eigenvalue weighted by atomic mass is 9.97. The fourth-order valence-electron chi connectivity index (χ4n) is 2.83. The first kappa shape index (κ1) is 18.7. The minimum absolute atomic E-state index is 0.0565. The summed E-state index contributed by atoms with van der Waals surface area (Å²) in [6.07, 6.45) is -2.54. The zero-order valence-corrected chi connectivity index (χ0v) is 14.3. The van der Waals surface area contributed by atoms with Gasteiger partial charge in [-0.1, -0.05) is 0 Å². The van der Waals surface area contributed by atoms with Gasteiger partial charge in [0.1, 0.15) is 12.0 Å². The standard InChI is InChI=1S/C15H17F3N6O3/c1-23-10(6-9(22-23)15(16,17)18)27-13-11(19)12(20-7-21-13)24-4-2-8(3-5-24)14(25)26/h6-8H,2-5,19H2,1H3,(H,25,26). The number of hydrogen-bond donors (Lipinski definition) is 2. The number of alkyl halides is 3. The number of carbonyl (C=O) groups is 1. The highest BCUT2D eigenvalue weighted by atomic mass is 19.4. The van der Waals surface area contributed by atoms with Gasteiger partial charge in [0, 0.05) is 26.2 Å². The summed E-state index contributed by atoms with van der Waals surface area (Å²) in [5.41, 5.74) is 5.00. The molecular formula is C15H17F3N6O3. The van der Waals surface area contributed by atoms with E-state index in [2.05, 4.69) is 15.1 Å². The molecule has 0 amide bonds. The molecule has 9 nitrogen and oxygen atoms in total. The summed E-state index contributed by atoms with van der Waals surface area (Å²) < 4.78 is 44.6. The van der Waals surface area contributed by atoms with Crippen LogP contribution in [0.25, 0.3) is 0 Å². The third-order valence-electron chi connectivity index (χ3n) is 4.30. The maximum absolute atomic E-state index is 12.8. The summed E-state index contributed by atoms with van der Waals surface area (Å²) >= 11 is 0. The number of carboxylic acid groups (broad SMARTS) is 1. The van der Waals surface area contributed by atoms with Crippen molar-refractivity contribution in [2.45, 2.75) is 19.0 Å². The Balaban J connectivity index is 1.80. The Kier molecular flexibility index (Phi) is 4.81. The summed E-state index contributed by atoms with van der Waals surface area (Å²) in [7, 11) is 1.31. The van der Waals surface area contributed by atoms with E-state index in [9.17, 15) is 18.0 Å². The van der Waals surface area contributed by atoms with E-state index < -0.39 is 23.8 Å². The number of ether oxygens (including phenoxy) is 1. The van der Waals surface area contributed by atoms with Gasteiger partial charge in [0.25, 0.3) is 0 Å². The number of halogens is 3. The Hall–Kier alpha value is -3.05. The zero-order chi connectivity index (χ0) is 19.8. The molecule has 0 saturated carbocycles. The second-order valence-corrected chi connectivity index (χ2v) is 6.11. The molecule has 0 radical (unpaired) electrons. The number of nitrogen functional groups attached to an aromatic ring is 1. The van der Waals surface area contributed by atoms with Crippen LogP contribution in [0.3, 0.4) is 0 Å². The van der Waals surface area contributed by atoms with Gasteiger partial charge < -0.3 is 20.5 Å². The Morgan fingerprint density at radius 3 is 2.56 bits per heavy atom. The van der Waals surface area contributed by atoms with Gasteiger partial charge in [0.2, 0.25) is 11.8 Å². The van der Waals surface area contributed by atoms with Crippen LogP contribution in [0.15, 0.2) is 12.4 Å². The van der Waals surface area contributed by atoms with Crippen molar-refractivity contribution in [1.82, 2.24) is 19.7 Å². The van der Waals surface area contributed by atoms with Crippen molar-refractivity contribution in [3.05, 3.63) is 18.1 Å². The molecule has 1 saturated heterocycles. The van der Waals surface area contributed by atoms with Gasteiger partial charge in [-0.25, -0.2) is 9.67 Å². The zero-order valence-electron chi connectivity index (χ0n) is 14.3. The molecule has 1 fully saturated rings. The first-order chi connectivity index (χ1) is 12.7. The fourth-order valence-corrected chi connectivity index (χ4v) is 2.83. The van der Waals surface area contributed by atoms with Crippen LogP contribution in [0.4, 0.5) is 24.7 Å². The third kappa shape index (κ3) is 3.88. The molecule has 3 N–H and O–H groups in total. The highest BCUT2D eigenvalue weighted by molar-refractivity contribution is 5.72. The van der Waals surface area contributed by atoms with Crippen molar-refractivity contribution in [3.63, 3.8) is 0 Å². The van der Waals surface area contributed by atoms with Crippen LogP contribution in [0.1, 0.15) is 18.5 Å². The van der Waals surface area contributed by atoms with Crippen LogP contribution in [-0.2, 0) is 18.0 Å². The molecule has 2 aromatic heterocycles. The summed E-state index contributed by atoms with van der Waals surface area (Å²) in [4.78, 5) is 20.8. The van der Waals surface area contributed by atoms with Gasteiger partial charge >= 0.3 is 12.1 Å². The number of aromatic nitrogens is 4. The lowest BCUT2D eigenvalue weighted by Crippen LogP contribution is -2.37. The number of carboxylic acids is 1. The van der Waals surface area contributed by atoms with E-state index in [1.54, 1.807) is 4.90 Å².